The van der Waals surface area contributed by atoms with Gasteiger partial charge in [-0.25, -0.2) is 8.78 Å². The number of carbonyl (C=O) groups excluding carboxylic acids is 1. The van der Waals surface area contributed by atoms with Crippen molar-refractivity contribution in [1.29, 1.82) is 0 Å². The number of aldehydes is 1. The molecule has 0 aliphatic carbocycles. The van der Waals surface area contributed by atoms with Gasteiger partial charge in [-0.2, -0.15) is 0 Å². The summed E-state index contributed by atoms with van der Waals surface area (Å²) in [6.07, 6.45) is 1.18. The Balaban J connectivity index is 3.07. The predicted octanol–water partition coefficient (Wildman–Crippen LogP) is 3.22. The SMILES string of the molecule is CC(C)c1cc(F)c(F)c(CCC=O)c1. The van der Waals surface area contributed by atoms with Crippen molar-refractivity contribution in [1.82, 2.24) is 0 Å². The fourth-order valence-corrected chi connectivity index (χ4v) is 1.40. The third kappa shape index (κ3) is 2.85. The van der Waals surface area contributed by atoms with E-state index in [1.54, 1.807) is 6.07 Å². The molecule has 0 saturated carbocycles. The van der Waals surface area contributed by atoms with Crippen molar-refractivity contribution in [2.45, 2.75) is 32.6 Å². The molecule has 0 aromatic heterocycles. The molecule has 0 atom stereocenters. The standard InChI is InChI=1S/C12H14F2O/c1-8(2)10-6-9(4-3-5-15)12(14)11(13)7-10/h5-8H,3-4H2,1-2H3. The summed E-state index contributed by atoms with van der Waals surface area (Å²) in [5.74, 6) is -1.52. The second-order valence-corrected chi connectivity index (χ2v) is 3.84. The summed E-state index contributed by atoms with van der Waals surface area (Å²) in [4.78, 5) is 10.2. The Kier molecular flexibility index (Phi) is 3.95. The van der Waals surface area contributed by atoms with Gasteiger partial charge in [0.15, 0.2) is 11.6 Å². The van der Waals surface area contributed by atoms with Crippen LogP contribution in [0.3, 0.4) is 0 Å². The van der Waals surface area contributed by atoms with Gasteiger partial charge >= 0.3 is 0 Å². The number of hydrogen-bond donors (Lipinski definition) is 0. The molecule has 1 aromatic carbocycles. The molecule has 82 valence electrons. The van der Waals surface area contributed by atoms with Gasteiger partial charge in [0.2, 0.25) is 0 Å². The zero-order valence-corrected chi connectivity index (χ0v) is 8.89. The maximum atomic E-state index is 13.3. The molecule has 0 heterocycles. The predicted molar refractivity (Wildman–Crippen MR) is 54.8 cm³/mol. The van der Waals surface area contributed by atoms with Crippen LogP contribution in [0.15, 0.2) is 12.1 Å². The van der Waals surface area contributed by atoms with Crippen LogP contribution in [0.2, 0.25) is 0 Å². The van der Waals surface area contributed by atoms with Gasteiger partial charge in [-0.05, 0) is 29.5 Å². The molecule has 1 nitrogen and oxygen atoms in total. The first-order chi connectivity index (χ1) is 7.06. The first-order valence-corrected chi connectivity index (χ1v) is 4.97. The fraction of sp³-hybridized carbons (Fsp3) is 0.417. The van der Waals surface area contributed by atoms with E-state index < -0.39 is 11.6 Å². The van der Waals surface area contributed by atoms with E-state index in [9.17, 15) is 13.6 Å². The molecular formula is C12H14F2O. The molecule has 15 heavy (non-hydrogen) atoms. The van der Waals surface area contributed by atoms with E-state index in [1.165, 1.54) is 6.07 Å². The van der Waals surface area contributed by atoms with Gasteiger partial charge in [0.25, 0.3) is 0 Å². The molecule has 0 aliphatic rings. The molecule has 0 aliphatic heterocycles. The second kappa shape index (κ2) is 5.01. The largest absolute Gasteiger partial charge is 0.303 e. The third-order valence-electron chi connectivity index (χ3n) is 2.32. The van der Waals surface area contributed by atoms with Crippen molar-refractivity contribution in [3.8, 4) is 0 Å². The Labute approximate surface area is 88.1 Å². The van der Waals surface area contributed by atoms with Crippen LogP contribution in [0.1, 0.15) is 37.3 Å². The van der Waals surface area contributed by atoms with E-state index in [2.05, 4.69) is 0 Å². The Morgan fingerprint density at radius 3 is 2.53 bits per heavy atom. The minimum absolute atomic E-state index is 0.148. The number of carbonyl (C=O) groups is 1. The molecule has 0 bridgehead atoms. The molecule has 1 rings (SSSR count). The molecule has 0 spiro atoms. The van der Waals surface area contributed by atoms with Gasteiger partial charge in [0.1, 0.15) is 6.29 Å². The van der Waals surface area contributed by atoms with Gasteiger partial charge in [-0.15, -0.1) is 0 Å². The molecule has 1 aromatic rings. The van der Waals surface area contributed by atoms with Crippen molar-refractivity contribution in [2.75, 3.05) is 0 Å². The lowest BCUT2D eigenvalue weighted by atomic mass is 9.98. The summed E-state index contributed by atoms with van der Waals surface area (Å²) in [6, 6.07) is 2.84. The van der Waals surface area contributed by atoms with Crippen molar-refractivity contribution in [3.63, 3.8) is 0 Å². The van der Waals surface area contributed by atoms with Crippen LogP contribution < -0.4 is 0 Å². The zero-order valence-electron chi connectivity index (χ0n) is 8.89. The highest BCUT2D eigenvalue weighted by molar-refractivity contribution is 5.50. The minimum Gasteiger partial charge on any atom is -0.303 e. The number of halogens is 2. The van der Waals surface area contributed by atoms with Gasteiger partial charge in [0.05, 0.1) is 0 Å². The molecule has 0 saturated heterocycles. The van der Waals surface area contributed by atoms with Gasteiger partial charge < -0.3 is 4.79 Å². The van der Waals surface area contributed by atoms with Crippen molar-refractivity contribution < 1.29 is 13.6 Å². The first-order valence-electron chi connectivity index (χ1n) is 4.97. The van der Waals surface area contributed by atoms with Crippen LogP contribution in [0.5, 0.6) is 0 Å². The highest BCUT2D eigenvalue weighted by Crippen LogP contribution is 2.21. The molecule has 0 N–H and O–H groups in total. The normalized spacial score (nSPS) is 10.7. The molecular weight excluding hydrogens is 198 g/mol. The molecule has 0 unspecified atom stereocenters. The first kappa shape index (κ1) is 11.8. The van der Waals surface area contributed by atoms with Crippen molar-refractivity contribution in [2.24, 2.45) is 0 Å². The Morgan fingerprint density at radius 2 is 2.00 bits per heavy atom. The van der Waals surface area contributed by atoms with Gasteiger partial charge in [-0.1, -0.05) is 19.9 Å². The smallest absolute Gasteiger partial charge is 0.162 e. The quantitative estimate of drug-likeness (QED) is 0.700. The molecule has 3 heteroatoms. The van der Waals surface area contributed by atoms with E-state index in [-0.39, 0.29) is 24.3 Å². The van der Waals surface area contributed by atoms with Crippen LogP contribution in [0.25, 0.3) is 0 Å². The fourth-order valence-electron chi connectivity index (χ4n) is 1.40. The van der Waals surface area contributed by atoms with Crippen LogP contribution in [0, 0.1) is 11.6 Å². The van der Waals surface area contributed by atoms with Gasteiger partial charge in [0, 0.05) is 6.42 Å². The van der Waals surface area contributed by atoms with E-state index in [4.69, 9.17) is 0 Å². The Hall–Kier alpha value is -1.25. The lowest BCUT2D eigenvalue weighted by molar-refractivity contribution is -0.107. The van der Waals surface area contributed by atoms with Crippen molar-refractivity contribution >= 4 is 6.29 Å². The molecule has 0 amide bonds. The van der Waals surface area contributed by atoms with Gasteiger partial charge in [-0.3, -0.25) is 0 Å². The highest BCUT2D eigenvalue weighted by Gasteiger charge is 2.11. The average molecular weight is 212 g/mol. The third-order valence-corrected chi connectivity index (χ3v) is 2.32. The lowest BCUT2D eigenvalue weighted by Gasteiger charge is -2.09. The maximum absolute atomic E-state index is 13.3. The Morgan fingerprint density at radius 1 is 1.33 bits per heavy atom. The van der Waals surface area contributed by atoms with E-state index in [0.717, 1.165) is 5.56 Å². The van der Waals surface area contributed by atoms with E-state index in [1.807, 2.05) is 13.8 Å². The number of hydrogen-bond acceptors (Lipinski definition) is 1. The number of benzene rings is 1. The van der Waals surface area contributed by atoms with Crippen LogP contribution >= 0.6 is 0 Å². The van der Waals surface area contributed by atoms with E-state index >= 15 is 0 Å². The van der Waals surface area contributed by atoms with E-state index in [0.29, 0.717) is 6.29 Å². The minimum atomic E-state index is -0.832. The molecule has 0 radical (unpaired) electrons. The monoisotopic (exact) mass is 212 g/mol. The second-order valence-electron chi connectivity index (χ2n) is 3.84. The van der Waals surface area contributed by atoms with Crippen LogP contribution in [-0.4, -0.2) is 6.29 Å². The highest BCUT2D eigenvalue weighted by atomic mass is 19.2. The summed E-state index contributed by atoms with van der Waals surface area (Å²) in [7, 11) is 0. The summed E-state index contributed by atoms with van der Waals surface area (Å²) in [6.45, 7) is 3.83. The summed E-state index contributed by atoms with van der Waals surface area (Å²) in [5.41, 5.74) is 1.04. The average Bonchev–Trinajstić information content (AvgIpc) is 2.19. The number of rotatable bonds is 4. The Bertz CT molecular complexity index is 359. The summed E-state index contributed by atoms with van der Waals surface area (Å²) < 4.78 is 26.4. The van der Waals surface area contributed by atoms with Crippen LogP contribution in [0.4, 0.5) is 8.78 Å². The lowest BCUT2D eigenvalue weighted by Crippen LogP contribution is -1.99. The number of aryl methyl sites for hydroxylation is 1. The maximum Gasteiger partial charge on any atom is 0.162 e. The summed E-state index contributed by atoms with van der Waals surface area (Å²) >= 11 is 0. The molecule has 0 fully saturated rings. The van der Waals surface area contributed by atoms with Crippen molar-refractivity contribution in [3.05, 3.63) is 34.9 Å². The zero-order chi connectivity index (χ0) is 11.4. The topological polar surface area (TPSA) is 17.1 Å². The van der Waals surface area contributed by atoms with Crippen LogP contribution in [-0.2, 0) is 11.2 Å². The summed E-state index contributed by atoms with van der Waals surface area (Å²) in [5, 5.41) is 0.